The third-order valence-electron chi connectivity index (χ3n) is 7.98. The minimum Gasteiger partial charge on any atom is -0.493 e. The lowest BCUT2D eigenvalue weighted by Gasteiger charge is -2.21. The molecule has 0 saturated carbocycles. The van der Waals surface area contributed by atoms with Gasteiger partial charge in [-0.05, 0) is 72.2 Å². The molecule has 0 spiro atoms. The number of benzene rings is 4. The van der Waals surface area contributed by atoms with E-state index in [1.807, 2.05) is 0 Å². The van der Waals surface area contributed by atoms with E-state index in [0.29, 0.717) is 26.4 Å². The van der Waals surface area contributed by atoms with Crippen molar-refractivity contribution in [3.8, 4) is 34.1 Å². The fourth-order valence-electron chi connectivity index (χ4n) is 6.42. The van der Waals surface area contributed by atoms with Gasteiger partial charge in [0, 0.05) is 36.8 Å². The molecule has 4 heteroatoms. The van der Waals surface area contributed by atoms with Crippen molar-refractivity contribution in [1.82, 2.24) is 0 Å². The van der Waals surface area contributed by atoms with E-state index in [1.165, 1.54) is 55.6 Å². The van der Waals surface area contributed by atoms with E-state index in [4.69, 9.17) is 18.9 Å². The van der Waals surface area contributed by atoms with E-state index in [9.17, 15) is 0 Å². The van der Waals surface area contributed by atoms with E-state index in [2.05, 4.69) is 88.4 Å². The summed E-state index contributed by atoms with van der Waals surface area (Å²) in [6, 6.07) is 22.1. The molecule has 8 bridgehead atoms. The second-order valence-corrected chi connectivity index (χ2v) is 10.4. The number of para-hydroxylation sites is 2. The van der Waals surface area contributed by atoms with Crippen LogP contribution in [0.25, 0.3) is 11.1 Å². The van der Waals surface area contributed by atoms with Crippen molar-refractivity contribution >= 4 is 0 Å². The molecule has 4 nitrogen and oxygen atoms in total. The zero-order chi connectivity index (χ0) is 27.6. The van der Waals surface area contributed by atoms with Gasteiger partial charge in [0.1, 0.15) is 23.0 Å². The Balaban J connectivity index is 1.62. The first kappa shape index (κ1) is 26.3. The largest absolute Gasteiger partial charge is 0.493 e. The van der Waals surface area contributed by atoms with Crippen LogP contribution >= 0.6 is 0 Å². The molecule has 0 heterocycles. The lowest BCUT2D eigenvalue weighted by atomic mass is 9.93. The molecule has 0 aliphatic heterocycles. The highest BCUT2D eigenvalue weighted by atomic mass is 16.5. The molecular weight excluding hydrogens is 496 g/mol. The maximum Gasteiger partial charge on any atom is 0.126 e. The van der Waals surface area contributed by atoms with Crippen LogP contribution in [0.2, 0.25) is 0 Å². The van der Waals surface area contributed by atoms with Crippen LogP contribution in [0.3, 0.4) is 0 Å². The SMILES string of the molecule is CCOc1c2cccc1Cc1ccc3c(c1OCC)Cc1c-3ccc(c1OCC)Cc1cccc(c1OCC)C2. The first-order valence-corrected chi connectivity index (χ1v) is 14.7. The summed E-state index contributed by atoms with van der Waals surface area (Å²) in [7, 11) is 0. The standard InChI is InChI=1S/C36H38O4/c1-5-37-33-23-11-9-13-25(33)20-27-15-17-29-30-18-16-28(21-26-14-10-12-24(19-23)34(26)38-6-2)36(40-8-4)32(30)22-31(29)35(27)39-7-3/h9-18H,5-8,19-22H2,1-4H3. The van der Waals surface area contributed by atoms with Crippen LogP contribution in [-0.4, -0.2) is 26.4 Å². The van der Waals surface area contributed by atoms with Gasteiger partial charge in [0.25, 0.3) is 0 Å². The molecule has 0 fully saturated rings. The molecule has 2 aliphatic carbocycles. The molecule has 40 heavy (non-hydrogen) atoms. The molecule has 0 aromatic heterocycles. The Bertz CT molecular complexity index is 1440. The van der Waals surface area contributed by atoms with Gasteiger partial charge in [-0.1, -0.05) is 60.7 Å². The topological polar surface area (TPSA) is 36.9 Å². The summed E-state index contributed by atoms with van der Waals surface area (Å²) in [5, 5.41) is 0. The molecule has 0 unspecified atom stereocenters. The Morgan fingerprint density at radius 3 is 1.07 bits per heavy atom. The quantitative estimate of drug-likeness (QED) is 0.199. The first-order chi connectivity index (χ1) is 19.7. The molecule has 0 atom stereocenters. The number of fused-ring (bicyclic) bond motifs is 7. The van der Waals surface area contributed by atoms with Gasteiger partial charge in [-0.2, -0.15) is 0 Å². The first-order valence-electron chi connectivity index (χ1n) is 14.7. The molecule has 4 aromatic rings. The third kappa shape index (κ3) is 4.60. The van der Waals surface area contributed by atoms with Crippen LogP contribution in [0.15, 0.2) is 60.7 Å². The Morgan fingerprint density at radius 1 is 0.400 bits per heavy atom. The van der Waals surface area contributed by atoms with Crippen LogP contribution in [0.5, 0.6) is 23.0 Å². The van der Waals surface area contributed by atoms with Crippen LogP contribution in [0.1, 0.15) is 72.2 Å². The van der Waals surface area contributed by atoms with Gasteiger partial charge in [-0.25, -0.2) is 0 Å². The smallest absolute Gasteiger partial charge is 0.126 e. The average molecular weight is 535 g/mol. The zero-order valence-corrected chi connectivity index (χ0v) is 24.1. The number of ether oxygens (including phenoxy) is 4. The lowest BCUT2D eigenvalue weighted by molar-refractivity contribution is 0.326. The van der Waals surface area contributed by atoms with Gasteiger partial charge in [0.15, 0.2) is 0 Å². The molecule has 0 saturated heterocycles. The van der Waals surface area contributed by atoms with Crippen molar-refractivity contribution in [3.63, 3.8) is 0 Å². The number of hydrogen-bond donors (Lipinski definition) is 0. The summed E-state index contributed by atoms with van der Waals surface area (Å²) in [6.45, 7) is 10.7. The van der Waals surface area contributed by atoms with Crippen molar-refractivity contribution in [3.05, 3.63) is 105 Å². The van der Waals surface area contributed by atoms with Gasteiger partial charge in [-0.3, -0.25) is 0 Å². The van der Waals surface area contributed by atoms with Crippen molar-refractivity contribution < 1.29 is 18.9 Å². The van der Waals surface area contributed by atoms with Gasteiger partial charge < -0.3 is 18.9 Å². The zero-order valence-electron chi connectivity index (χ0n) is 24.1. The summed E-state index contributed by atoms with van der Waals surface area (Å²) in [6.07, 6.45) is 3.01. The highest BCUT2D eigenvalue weighted by molar-refractivity contribution is 5.83. The van der Waals surface area contributed by atoms with E-state index >= 15 is 0 Å². The fourth-order valence-corrected chi connectivity index (χ4v) is 6.42. The Kier molecular flexibility index (Phi) is 7.42. The van der Waals surface area contributed by atoms with Crippen molar-refractivity contribution in [2.24, 2.45) is 0 Å². The van der Waals surface area contributed by atoms with Crippen LogP contribution in [0.4, 0.5) is 0 Å². The van der Waals surface area contributed by atoms with Crippen LogP contribution in [-0.2, 0) is 25.7 Å². The number of rotatable bonds is 8. The summed E-state index contributed by atoms with van der Waals surface area (Å²) in [5.74, 6) is 3.95. The van der Waals surface area contributed by atoms with Gasteiger partial charge in [-0.15, -0.1) is 0 Å². The predicted octanol–water partition coefficient (Wildman–Crippen LogP) is 7.94. The molecule has 6 rings (SSSR count). The summed E-state index contributed by atoms with van der Waals surface area (Å²) in [4.78, 5) is 0. The fraction of sp³-hybridized carbons (Fsp3) is 0.333. The summed E-state index contributed by atoms with van der Waals surface area (Å²) >= 11 is 0. The highest BCUT2D eigenvalue weighted by Crippen LogP contribution is 2.48. The number of hydrogen-bond acceptors (Lipinski definition) is 4. The highest BCUT2D eigenvalue weighted by Gasteiger charge is 2.29. The van der Waals surface area contributed by atoms with Crippen LogP contribution < -0.4 is 18.9 Å². The summed E-state index contributed by atoms with van der Waals surface area (Å²) < 4.78 is 25.5. The van der Waals surface area contributed by atoms with E-state index in [0.717, 1.165) is 48.7 Å². The molecule has 0 radical (unpaired) electrons. The van der Waals surface area contributed by atoms with Crippen molar-refractivity contribution in [2.45, 2.75) is 53.4 Å². The van der Waals surface area contributed by atoms with E-state index < -0.39 is 0 Å². The van der Waals surface area contributed by atoms with Gasteiger partial charge >= 0.3 is 0 Å². The van der Waals surface area contributed by atoms with E-state index in [-0.39, 0.29) is 0 Å². The normalized spacial score (nSPS) is 13.0. The third-order valence-corrected chi connectivity index (χ3v) is 7.98. The molecule has 206 valence electrons. The summed E-state index contributed by atoms with van der Waals surface area (Å²) in [5.41, 5.74) is 12.1. The second-order valence-electron chi connectivity index (χ2n) is 10.4. The minimum atomic E-state index is 0.613. The Hall–Kier alpha value is -3.92. The van der Waals surface area contributed by atoms with Crippen LogP contribution in [0, 0.1) is 0 Å². The molecule has 0 N–H and O–H groups in total. The van der Waals surface area contributed by atoms with Gasteiger partial charge in [0.2, 0.25) is 0 Å². The van der Waals surface area contributed by atoms with Crippen molar-refractivity contribution in [2.75, 3.05) is 26.4 Å². The second kappa shape index (κ2) is 11.3. The predicted molar refractivity (Wildman–Crippen MR) is 161 cm³/mol. The van der Waals surface area contributed by atoms with Crippen molar-refractivity contribution in [1.29, 1.82) is 0 Å². The minimum absolute atomic E-state index is 0.613. The maximum atomic E-state index is 6.41. The monoisotopic (exact) mass is 534 g/mol. The molecule has 0 amide bonds. The molecule has 2 aliphatic rings. The average Bonchev–Trinajstić information content (AvgIpc) is 3.33. The van der Waals surface area contributed by atoms with E-state index in [1.54, 1.807) is 0 Å². The lowest BCUT2D eigenvalue weighted by Crippen LogP contribution is -2.07. The molecule has 4 aromatic carbocycles. The molecular formula is C36H38O4. The Labute approximate surface area is 237 Å². The maximum absolute atomic E-state index is 6.41. The Morgan fingerprint density at radius 2 is 0.725 bits per heavy atom. The van der Waals surface area contributed by atoms with Gasteiger partial charge in [0.05, 0.1) is 26.4 Å².